The SMILES string of the molecule is COc1ccc(Br)c(CNC(C)CCc2ccccc2)c1OC. The molecule has 2 aromatic carbocycles. The van der Waals surface area contributed by atoms with Crippen molar-refractivity contribution in [1.29, 1.82) is 0 Å². The van der Waals surface area contributed by atoms with E-state index in [1.807, 2.05) is 12.1 Å². The number of aryl methyl sites for hydroxylation is 1. The monoisotopic (exact) mass is 377 g/mol. The van der Waals surface area contributed by atoms with Gasteiger partial charge in [-0.1, -0.05) is 46.3 Å². The van der Waals surface area contributed by atoms with E-state index in [-0.39, 0.29) is 0 Å². The van der Waals surface area contributed by atoms with Crippen molar-refractivity contribution in [3.63, 3.8) is 0 Å². The van der Waals surface area contributed by atoms with E-state index in [0.717, 1.165) is 40.9 Å². The second-order valence-electron chi connectivity index (χ2n) is 5.57. The molecular weight excluding hydrogens is 354 g/mol. The Bertz CT molecular complexity index is 616. The number of ether oxygens (including phenoxy) is 2. The van der Waals surface area contributed by atoms with Crippen LogP contribution in [-0.4, -0.2) is 20.3 Å². The molecule has 0 aliphatic heterocycles. The lowest BCUT2D eigenvalue weighted by molar-refractivity contribution is 0.349. The average molecular weight is 378 g/mol. The van der Waals surface area contributed by atoms with Gasteiger partial charge in [0.15, 0.2) is 11.5 Å². The molecule has 3 nitrogen and oxygen atoms in total. The van der Waals surface area contributed by atoms with Gasteiger partial charge >= 0.3 is 0 Å². The van der Waals surface area contributed by atoms with Gasteiger partial charge in [0, 0.05) is 22.6 Å². The third kappa shape index (κ3) is 4.98. The fourth-order valence-corrected chi connectivity index (χ4v) is 2.99. The Morgan fingerprint density at radius 2 is 1.78 bits per heavy atom. The third-order valence-corrected chi connectivity index (χ3v) is 4.67. The van der Waals surface area contributed by atoms with E-state index in [9.17, 15) is 0 Å². The summed E-state index contributed by atoms with van der Waals surface area (Å²) in [6, 6.07) is 14.9. The van der Waals surface area contributed by atoms with E-state index in [1.165, 1.54) is 5.56 Å². The van der Waals surface area contributed by atoms with Crippen LogP contribution in [0.3, 0.4) is 0 Å². The van der Waals surface area contributed by atoms with Gasteiger partial charge in [-0.3, -0.25) is 0 Å². The molecule has 0 fully saturated rings. The second-order valence-corrected chi connectivity index (χ2v) is 6.42. The van der Waals surface area contributed by atoms with Crippen LogP contribution in [0.5, 0.6) is 11.5 Å². The predicted octanol–water partition coefficient (Wildman–Crippen LogP) is 4.58. The molecule has 23 heavy (non-hydrogen) atoms. The predicted molar refractivity (Wildman–Crippen MR) is 98.3 cm³/mol. The summed E-state index contributed by atoms with van der Waals surface area (Å²) < 4.78 is 11.9. The summed E-state index contributed by atoms with van der Waals surface area (Å²) in [6.07, 6.45) is 2.17. The molecule has 1 atom stereocenters. The molecule has 0 amide bonds. The summed E-state index contributed by atoms with van der Waals surface area (Å²) in [5, 5.41) is 3.57. The van der Waals surface area contributed by atoms with Crippen molar-refractivity contribution in [2.45, 2.75) is 32.4 Å². The maximum absolute atomic E-state index is 5.51. The maximum atomic E-state index is 5.51. The first-order valence-electron chi connectivity index (χ1n) is 7.82. The molecule has 0 aliphatic rings. The first-order valence-corrected chi connectivity index (χ1v) is 8.61. The van der Waals surface area contributed by atoms with Gasteiger partial charge in [-0.15, -0.1) is 0 Å². The Morgan fingerprint density at radius 1 is 1.04 bits per heavy atom. The Balaban J connectivity index is 1.95. The van der Waals surface area contributed by atoms with Crippen molar-refractivity contribution in [2.24, 2.45) is 0 Å². The van der Waals surface area contributed by atoms with Gasteiger partial charge in [0.05, 0.1) is 14.2 Å². The minimum atomic E-state index is 0.415. The van der Waals surface area contributed by atoms with Crippen LogP contribution in [0.1, 0.15) is 24.5 Å². The van der Waals surface area contributed by atoms with Crippen molar-refractivity contribution in [1.82, 2.24) is 5.32 Å². The van der Waals surface area contributed by atoms with Crippen LogP contribution in [0.25, 0.3) is 0 Å². The number of hydrogen-bond donors (Lipinski definition) is 1. The Hall–Kier alpha value is -1.52. The lowest BCUT2D eigenvalue weighted by Crippen LogP contribution is -2.26. The molecule has 0 aliphatic carbocycles. The van der Waals surface area contributed by atoms with E-state index in [1.54, 1.807) is 14.2 Å². The van der Waals surface area contributed by atoms with Gasteiger partial charge in [0.25, 0.3) is 0 Å². The van der Waals surface area contributed by atoms with Crippen LogP contribution in [0.2, 0.25) is 0 Å². The van der Waals surface area contributed by atoms with Gasteiger partial charge < -0.3 is 14.8 Å². The number of benzene rings is 2. The van der Waals surface area contributed by atoms with E-state index in [4.69, 9.17) is 9.47 Å². The minimum absolute atomic E-state index is 0.415. The molecule has 2 aromatic rings. The fourth-order valence-electron chi connectivity index (χ4n) is 2.54. The Kier molecular flexibility index (Phi) is 6.93. The standard InChI is InChI=1S/C19H24BrNO2/c1-14(9-10-15-7-5-4-6-8-15)21-13-16-17(20)11-12-18(22-2)19(16)23-3/h4-8,11-12,14,21H,9-10,13H2,1-3H3. The molecule has 1 unspecified atom stereocenters. The van der Waals surface area contributed by atoms with Gasteiger partial charge in [0.1, 0.15) is 0 Å². The lowest BCUT2D eigenvalue weighted by atomic mass is 10.1. The number of methoxy groups -OCH3 is 2. The molecule has 124 valence electrons. The van der Waals surface area contributed by atoms with Crippen LogP contribution in [0.4, 0.5) is 0 Å². The van der Waals surface area contributed by atoms with Crippen LogP contribution >= 0.6 is 15.9 Å². The van der Waals surface area contributed by atoms with E-state index >= 15 is 0 Å². The van der Waals surface area contributed by atoms with E-state index in [0.29, 0.717) is 6.04 Å². The summed E-state index contributed by atoms with van der Waals surface area (Å²) in [4.78, 5) is 0. The summed E-state index contributed by atoms with van der Waals surface area (Å²) in [5.41, 5.74) is 2.46. The molecule has 2 rings (SSSR count). The highest BCUT2D eigenvalue weighted by atomic mass is 79.9. The lowest BCUT2D eigenvalue weighted by Gasteiger charge is -2.18. The summed E-state index contributed by atoms with van der Waals surface area (Å²) in [7, 11) is 3.33. The maximum Gasteiger partial charge on any atom is 0.166 e. The van der Waals surface area contributed by atoms with Crippen molar-refractivity contribution in [3.8, 4) is 11.5 Å². The quantitative estimate of drug-likeness (QED) is 0.730. The van der Waals surface area contributed by atoms with Crippen LogP contribution < -0.4 is 14.8 Å². The second kappa shape index (κ2) is 8.94. The molecule has 0 spiro atoms. The summed E-state index contributed by atoms with van der Waals surface area (Å²) in [6.45, 7) is 2.94. The zero-order valence-corrected chi connectivity index (χ0v) is 15.5. The zero-order valence-electron chi connectivity index (χ0n) is 13.9. The first kappa shape index (κ1) is 17.8. The topological polar surface area (TPSA) is 30.5 Å². The highest BCUT2D eigenvalue weighted by Crippen LogP contribution is 2.35. The van der Waals surface area contributed by atoms with Crippen LogP contribution in [0.15, 0.2) is 46.9 Å². The number of halogens is 1. The normalized spacial score (nSPS) is 12.0. The molecular formula is C19H24BrNO2. The average Bonchev–Trinajstić information content (AvgIpc) is 2.59. The largest absolute Gasteiger partial charge is 0.493 e. The summed E-state index contributed by atoms with van der Waals surface area (Å²) >= 11 is 3.60. The summed E-state index contributed by atoms with van der Waals surface area (Å²) in [5.74, 6) is 1.54. The molecule has 0 heterocycles. The van der Waals surface area contributed by atoms with Crippen molar-refractivity contribution in [3.05, 3.63) is 58.1 Å². The van der Waals surface area contributed by atoms with Crippen LogP contribution in [0, 0.1) is 0 Å². The molecule has 0 saturated carbocycles. The fraction of sp³-hybridized carbons (Fsp3) is 0.368. The smallest absolute Gasteiger partial charge is 0.166 e. The van der Waals surface area contributed by atoms with Crippen LogP contribution in [-0.2, 0) is 13.0 Å². The number of nitrogens with one attached hydrogen (secondary N) is 1. The van der Waals surface area contributed by atoms with Gasteiger partial charge in [-0.05, 0) is 37.5 Å². The van der Waals surface area contributed by atoms with Gasteiger partial charge in [0.2, 0.25) is 0 Å². The van der Waals surface area contributed by atoms with E-state index in [2.05, 4.69) is 58.5 Å². The number of hydrogen-bond acceptors (Lipinski definition) is 3. The van der Waals surface area contributed by atoms with Crippen molar-refractivity contribution >= 4 is 15.9 Å². The van der Waals surface area contributed by atoms with E-state index < -0.39 is 0 Å². The third-order valence-electron chi connectivity index (χ3n) is 3.93. The van der Waals surface area contributed by atoms with Crippen molar-refractivity contribution < 1.29 is 9.47 Å². The Labute approximate surface area is 147 Å². The van der Waals surface area contributed by atoms with Crippen molar-refractivity contribution in [2.75, 3.05) is 14.2 Å². The molecule has 1 N–H and O–H groups in total. The first-order chi connectivity index (χ1) is 11.2. The minimum Gasteiger partial charge on any atom is -0.493 e. The molecule has 0 saturated heterocycles. The van der Waals surface area contributed by atoms with Gasteiger partial charge in [-0.2, -0.15) is 0 Å². The highest BCUT2D eigenvalue weighted by Gasteiger charge is 2.14. The Morgan fingerprint density at radius 3 is 2.43 bits per heavy atom. The highest BCUT2D eigenvalue weighted by molar-refractivity contribution is 9.10. The molecule has 0 radical (unpaired) electrons. The molecule has 0 bridgehead atoms. The molecule has 4 heteroatoms. The zero-order chi connectivity index (χ0) is 16.7. The molecule has 0 aromatic heterocycles. The number of rotatable bonds is 8. The van der Waals surface area contributed by atoms with Gasteiger partial charge in [-0.25, -0.2) is 0 Å².